The lowest BCUT2D eigenvalue weighted by Crippen LogP contribution is -2.24. The van der Waals surface area contributed by atoms with E-state index in [-0.39, 0.29) is 12.3 Å². The number of rotatable bonds is 9. The molecule has 1 fully saturated rings. The highest BCUT2D eigenvalue weighted by Crippen LogP contribution is 2.24. The van der Waals surface area contributed by atoms with Gasteiger partial charge < -0.3 is 15.2 Å². The summed E-state index contributed by atoms with van der Waals surface area (Å²) in [5.74, 6) is 0.528. The highest BCUT2D eigenvalue weighted by atomic mass is 16.5. The summed E-state index contributed by atoms with van der Waals surface area (Å²) in [6.45, 7) is 1.25. The van der Waals surface area contributed by atoms with E-state index in [4.69, 9.17) is 9.84 Å². The first kappa shape index (κ1) is 18.3. The lowest BCUT2D eigenvalue weighted by molar-refractivity contribution is -0.137. The van der Waals surface area contributed by atoms with Crippen LogP contribution in [-0.4, -0.2) is 30.1 Å². The maximum Gasteiger partial charge on any atom is 0.303 e. The molecule has 0 unspecified atom stereocenters. The fraction of sp³-hybridized carbons (Fsp3) is 0.579. The summed E-state index contributed by atoms with van der Waals surface area (Å²) >= 11 is 0. The van der Waals surface area contributed by atoms with Crippen molar-refractivity contribution < 1.29 is 19.4 Å². The maximum absolute atomic E-state index is 12.0. The first-order valence-electron chi connectivity index (χ1n) is 8.88. The molecule has 0 atom stereocenters. The van der Waals surface area contributed by atoms with E-state index in [9.17, 15) is 9.59 Å². The number of amides is 1. The molecule has 0 radical (unpaired) electrons. The average Bonchev–Trinajstić information content (AvgIpc) is 2.60. The molecule has 0 saturated heterocycles. The van der Waals surface area contributed by atoms with Crippen LogP contribution in [0.5, 0.6) is 5.75 Å². The topological polar surface area (TPSA) is 75.6 Å². The molecule has 1 aromatic carbocycles. The van der Waals surface area contributed by atoms with Crippen LogP contribution >= 0.6 is 0 Å². The van der Waals surface area contributed by atoms with Gasteiger partial charge in [0.05, 0.1) is 6.61 Å². The SMILES string of the molecule is O=C(O)CCCCNC(=O)c1ccc(OCC2CCCCC2)cc1. The van der Waals surface area contributed by atoms with E-state index in [1.54, 1.807) is 12.1 Å². The van der Waals surface area contributed by atoms with E-state index in [1.807, 2.05) is 12.1 Å². The number of carbonyl (C=O) groups is 2. The smallest absolute Gasteiger partial charge is 0.303 e. The zero-order valence-corrected chi connectivity index (χ0v) is 14.1. The number of unbranched alkanes of at least 4 members (excludes halogenated alkanes) is 1. The predicted octanol–water partition coefficient (Wildman–Crippen LogP) is 3.63. The number of benzene rings is 1. The van der Waals surface area contributed by atoms with Gasteiger partial charge in [-0.25, -0.2) is 0 Å². The van der Waals surface area contributed by atoms with Crippen LogP contribution in [0, 0.1) is 5.92 Å². The standard InChI is InChI=1S/C19H27NO4/c21-18(22)8-4-5-13-20-19(23)16-9-11-17(12-10-16)24-14-15-6-2-1-3-7-15/h9-12,15H,1-8,13-14H2,(H,20,23)(H,21,22). The van der Waals surface area contributed by atoms with Crippen LogP contribution in [0.2, 0.25) is 0 Å². The van der Waals surface area contributed by atoms with E-state index in [1.165, 1.54) is 32.1 Å². The number of nitrogens with one attached hydrogen (secondary N) is 1. The Labute approximate surface area is 143 Å². The molecule has 132 valence electrons. The molecule has 1 saturated carbocycles. The summed E-state index contributed by atoms with van der Waals surface area (Å²) in [5, 5.41) is 11.4. The fourth-order valence-electron chi connectivity index (χ4n) is 2.98. The summed E-state index contributed by atoms with van der Waals surface area (Å²) in [4.78, 5) is 22.4. The second-order valence-electron chi connectivity index (χ2n) is 6.45. The van der Waals surface area contributed by atoms with Gasteiger partial charge in [0.25, 0.3) is 5.91 Å². The van der Waals surface area contributed by atoms with Gasteiger partial charge in [0.15, 0.2) is 0 Å². The van der Waals surface area contributed by atoms with Crippen LogP contribution < -0.4 is 10.1 Å². The molecule has 0 spiro atoms. The van der Waals surface area contributed by atoms with Gasteiger partial charge in [0, 0.05) is 18.5 Å². The summed E-state index contributed by atoms with van der Waals surface area (Å²) in [6, 6.07) is 7.20. The highest BCUT2D eigenvalue weighted by molar-refractivity contribution is 5.94. The van der Waals surface area contributed by atoms with Crippen molar-refractivity contribution in [3.05, 3.63) is 29.8 Å². The van der Waals surface area contributed by atoms with Crippen molar-refractivity contribution in [2.24, 2.45) is 5.92 Å². The van der Waals surface area contributed by atoms with E-state index < -0.39 is 5.97 Å². The van der Waals surface area contributed by atoms with Crippen molar-refractivity contribution in [2.45, 2.75) is 51.4 Å². The third kappa shape index (κ3) is 6.60. The van der Waals surface area contributed by atoms with Gasteiger partial charge in [-0.1, -0.05) is 19.3 Å². The molecule has 1 amide bonds. The Kier molecular flexibility index (Phi) is 7.59. The molecule has 5 heteroatoms. The number of hydrogen-bond acceptors (Lipinski definition) is 3. The van der Waals surface area contributed by atoms with Gasteiger partial charge in [-0.2, -0.15) is 0 Å². The Morgan fingerprint density at radius 1 is 1.08 bits per heavy atom. The van der Waals surface area contributed by atoms with Crippen molar-refractivity contribution in [3.8, 4) is 5.75 Å². The monoisotopic (exact) mass is 333 g/mol. The number of ether oxygens (including phenoxy) is 1. The van der Waals surface area contributed by atoms with E-state index >= 15 is 0 Å². The largest absolute Gasteiger partial charge is 0.493 e. The number of carboxylic acid groups (broad SMARTS) is 1. The van der Waals surface area contributed by atoms with Gasteiger partial charge in [-0.15, -0.1) is 0 Å². The third-order valence-electron chi connectivity index (χ3n) is 4.43. The molecular formula is C19H27NO4. The Morgan fingerprint density at radius 3 is 2.46 bits per heavy atom. The molecule has 0 aliphatic heterocycles. The minimum atomic E-state index is -0.801. The molecule has 0 heterocycles. The van der Waals surface area contributed by atoms with Crippen molar-refractivity contribution in [3.63, 3.8) is 0 Å². The van der Waals surface area contributed by atoms with Gasteiger partial charge in [0.2, 0.25) is 0 Å². The Hall–Kier alpha value is -2.04. The zero-order valence-electron chi connectivity index (χ0n) is 14.1. The summed E-state index contributed by atoms with van der Waals surface area (Å²) < 4.78 is 5.83. The molecule has 1 aliphatic rings. The van der Waals surface area contributed by atoms with Gasteiger partial charge in [-0.3, -0.25) is 9.59 Å². The first-order valence-corrected chi connectivity index (χ1v) is 8.88. The van der Waals surface area contributed by atoms with Gasteiger partial charge in [-0.05, 0) is 55.9 Å². The summed E-state index contributed by atoms with van der Waals surface area (Å²) in [6.07, 6.45) is 7.84. The summed E-state index contributed by atoms with van der Waals surface area (Å²) in [7, 11) is 0. The number of carboxylic acids is 1. The molecule has 5 nitrogen and oxygen atoms in total. The van der Waals surface area contributed by atoms with Crippen molar-refractivity contribution in [1.82, 2.24) is 5.32 Å². The molecule has 1 aliphatic carbocycles. The molecule has 0 bridgehead atoms. The zero-order chi connectivity index (χ0) is 17.2. The van der Waals surface area contributed by atoms with Crippen LogP contribution in [0.4, 0.5) is 0 Å². The first-order chi connectivity index (χ1) is 11.6. The quantitative estimate of drug-likeness (QED) is 0.677. The average molecular weight is 333 g/mol. The van der Waals surface area contributed by atoms with Crippen molar-refractivity contribution >= 4 is 11.9 Å². The summed E-state index contributed by atoms with van der Waals surface area (Å²) in [5.41, 5.74) is 0.596. The fourth-order valence-corrected chi connectivity index (χ4v) is 2.98. The third-order valence-corrected chi connectivity index (χ3v) is 4.43. The normalized spacial score (nSPS) is 15.0. The Bertz CT molecular complexity index is 521. The van der Waals surface area contributed by atoms with Crippen LogP contribution in [0.1, 0.15) is 61.7 Å². The molecule has 2 N–H and O–H groups in total. The minimum Gasteiger partial charge on any atom is -0.493 e. The number of carbonyl (C=O) groups excluding carboxylic acids is 1. The second kappa shape index (κ2) is 9.96. The molecule has 24 heavy (non-hydrogen) atoms. The minimum absolute atomic E-state index is 0.135. The van der Waals surface area contributed by atoms with Crippen molar-refractivity contribution in [1.29, 1.82) is 0 Å². The lowest BCUT2D eigenvalue weighted by Gasteiger charge is -2.21. The second-order valence-corrected chi connectivity index (χ2v) is 6.45. The molecular weight excluding hydrogens is 306 g/mol. The van der Waals surface area contributed by atoms with Crippen LogP contribution in [-0.2, 0) is 4.79 Å². The van der Waals surface area contributed by atoms with Crippen LogP contribution in [0.25, 0.3) is 0 Å². The van der Waals surface area contributed by atoms with E-state index in [0.29, 0.717) is 30.9 Å². The van der Waals surface area contributed by atoms with Gasteiger partial charge in [0.1, 0.15) is 5.75 Å². The van der Waals surface area contributed by atoms with Gasteiger partial charge >= 0.3 is 5.97 Å². The lowest BCUT2D eigenvalue weighted by atomic mass is 9.90. The number of hydrogen-bond donors (Lipinski definition) is 2. The van der Waals surface area contributed by atoms with E-state index in [0.717, 1.165) is 12.4 Å². The van der Waals surface area contributed by atoms with Crippen LogP contribution in [0.15, 0.2) is 24.3 Å². The van der Waals surface area contributed by atoms with Crippen LogP contribution in [0.3, 0.4) is 0 Å². The number of aliphatic carboxylic acids is 1. The molecule has 1 aromatic rings. The predicted molar refractivity (Wildman–Crippen MR) is 92.3 cm³/mol. The maximum atomic E-state index is 12.0. The Balaban J connectivity index is 1.68. The Morgan fingerprint density at radius 2 is 1.79 bits per heavy atom. The highest BCUT2D eigenvalue weighted by Gasteiger charge is 2.14. The molecule has 0 aromatic heterocycles. The molecule has 2 rings (SSSR count). The van der Waals surface area contributed by atoms with E-state index in [2.05, 4.69) is 5.32 Å². The van der Waals surface area contributed by atoms with Crippen molar-refractivity contribution in [2.75, 3.05) is 13.2 Å².